The number of aryl methyl sites for hydroxylation is 2. The zero-order valence-corrected chi connectivity index (χ0v) is 17.6. The Hall–Kier alpha value is -2.18. The molecule has 4 aromatic rings. The van der Waals surface area contributed by atoms with Gasteiger partial charge in [0.25, 0.3) is 0 Å². The molecule has 0 aliphatic heterocycles. The highest BCUT2D eigenvalue weighted by atomic mass is 32.1. The molecule has 0 spiro atoms. The third-order valence-corrected chi connectivity index (χ3v) is 7.10. The van der Waals surface area contributed by atoms with E-state index in [1.165, 1.54) is 57.9 Å². The van der Waals surface area contributed by atoms with Crippen molar-refractivity contribution in [1.29, 1.82) is 0 Å². The van der Waals surface area contributed by atoms with Crippen LogP contribution in [0.25, 0.3) is 20.4 Å². The normalized spacial score (nSPS) is 11.6. The van der Waals surface area contributed by atoms with Gasteiger partial charge in [-0.2, -0.15) is 0 Å². The predicted octanol–water partition coefficient (Wildman–Crippen LogP) is 6.20. The number of unbranched alkanes of at least 4 members (excludes halogenated alkanes) is 5. The quantitative estimate of drug-likeness (QED) is 0.254. The molecule has 0 atom stereocenters. The number of thiazole rings is 2. The average Bonchev–Trinajstić information content (AvgIpc) is 3.26. The molecule has 0 fully saturated rings. The van der Waals surface area contributed by atoms with Crippen LogP contribution < -0.4 is 11.5 Å². The highest BCUT2D eigenvalue weighted by Gasteiger charge is 2.05. The lowest BCUT2D eigenvalue weighted by atomic mass is 10.1. The Kier molecular flexibility index (Phi) is 6.07. The van der Waals surface area contributed by atoms with Crippen LogP contribution in [0.2, 0.25) is 0 Å². The lowest BCUT2D eigenvalue weighted by Crippen LogP contribution is -1.87. The highest BCUT2D eigenvalue weighted by molar-refractivity contribution is 7.18. The zero-order chi connectivity index (χ0) is 19.3. The number of hydrogen-bond acceptors (Lipinski definition) is 6. The molecule has 6 heteroatoms. The second-order valence-corrected chi connectivity index (χ2v) is 9.52. The molecule has 2 heterocycles. The Balaban J connectivity index is 1.12. The summed E-state index contributed by atoms with van der Waals surface area (Å²) in [7, 11) is 0. The number of rotatable bonds is 9. The van der Waals surface area contributed by atoms with Gasteiger partial charge in [0.2, 0.25) is 0 Å². The number of benzene rings is 2. The van der Waals surface area contributed by atoms with E-state index in [1.807, 2.05) is 36.4 Å². The summed E-state index contributed by atoms with van der Waals surface area (Å²) in [6.07, 6.45) is 9.74. The van der Waals surface area contributed by atoms with Gasteiger partial charge in [-0.15, -0.1) is 22.7 Å². The van der Waals surface area contributed by atoms with Gasteiger partial charge >= 0.3 is 0 Å². The SMILES string of the molecule is Nc1ccc2nc(CCCCCCCCc3nc4ccc(N)cc4s3)sc2c1. The fraction of sp³-hybridized carbons (Fsp3) is 0.364. The number of nitrogen functional groups attached to an aromatic ring is 2. The van der Waals surface area contributed by atoms with Crippen LogP contribution in [-0.2, 0) is 12.8 Å². The predicted molar refractivity (Wildman–Crippen MR) is 123 cm³/mol. The van der Waals surface area contributed by atoms with Crippen LogP contribution in [0.1, 0.15) is 48.5 Å². The third kappa shape index (κ3) is 4.80. The lowest BCUT2D eigenvalue weighted by Gasteiger charge is -2.00. The lowest BCUT2D eigenvalue weighted by molar-refractivity contribution is 0.593. The van der Waals surface area contributed by atoms with Gasteiger partial charge in [-0.3, -0.25) is 0 Å². The van der Waals surface area contributed by atoms with Crippen molar-refractivity contribution in [1.82, 2.24) is 9.97 Å². The maximum Gasteiger partial charge on any atom is 0.0938 e. The minimum Gasteiger partial charge on any atom is -0.399 e. The summed E-state index contributed by atoms with van der Waals surface area (Å²) in [5, 5.41) is 2.47. The van der Waals surface area contributed by atoms with Gasteiger partial charge in [-0.05, 0) is 62.1 Å². The summed E-state index contributed by atoms with van der Waals surface area (Å²) in [6.45, 7) is 0. The van der Waals surface area contributed by atoms with E-state index in [0.717, 1.165) is 35.2 Å². The maximum atomic E-state index is 5.85. The molecular formula is C22H26N4S2. The van der Waals surface area contributed by atoms with Gasteiger partial charge in [0.15, 0.2) is 0 Å². The first-order chi connectivity index (χ1) is 13.7. The largest absolute Gasteiger partial charge is 0.399 e. The molecule has 0 aliphatic rings. The number of nitrogens with two attached hydrogens (primary N) is 2. The van der Waals surface area contributed by atoms with Crippen molar-refractivity contribution in [2.45, 2.75) is 51.4 Å². The molecule has 2 aromatic heterocycles. The molecule has 4 nitrogen and oxygen atoms in total. The van der Waals surface area contributed by atoms with Gasteiger partial charge in [0.1, 0.15) is 0 Å². The molecule has 0 radical (unpaired) electrons. The zero-order valence-electron chi connectivity index (χ0n) is 16.0. The van der Waals surface area contributed by atoms with E-state index < -0.39 is 0 Å². The number of fused-ring (bicyclic) bond motifs is 2. The molecule has 0 saturated carbocycles. The maximum absolute atomic E-state index is 5.85. The van der Waals surface area contributed by atoms with Crippen LogP contribution in [0.3, 0.4) is 0 Å². The second-order valence-electron chi connectivity index (χ2n) is 7.29. The fourth-order valence-electron chi connectivity index (χ4n) is 3.45. The van der Waals surface area contributed by atoms with Crippen molar-refractivity contribution >= 4 is 54.5 Å². The van der Waals surface area contributed by atoms with Crippen molar-refractivity contribution < 1.29 is 0 Å². The van der Waals surface area contributed by atoms with E-state index in [1.54, 1.807) is 22.7 Å². The number of anilines is 2. The van der Waals surface area contributed by atoms with Gasteiger partial charge < -0.3 is 11.5 Å². The molecule has 4 rings (SSSR count). The van der Waals surface area contributed by atoms with E-state index in [-0.39, 0.29) is 0 Å². The molecule has 2 aromatic carbocycles. The summed E-state index contributed by atoms with van der Waals surface area (Å²) in [4.78, 5) is 9.41. The Bertz CT molecular complexity index is 981. The first-order valence-electron chi connectivity index (χ1n) is 9.97. The topological polar surface area (TPSA) is 77.8 Å². The van der Waals surface area contributed by atoms with Crippen LogP contribution in [0.5, 0.6) is 0 Å². The van der Waals surface area contributed by atoms with Crippen molar-refractivity contribution in [3.63, 3.8) is 0 Å². The van der Waals surface area contributed by atoms with Crippen LogP contribution in [0.4, 0.5) is 11.4 Å². The van der Waals surface area contributed by atoms with Gasteiger partial charge in [-0.25, -0.2) is 9.97 Å². The summed E-state index contributed by atoms with van der Waals surface area (Å²) in [6, 6.07) is 11.9. The van der Waals surface area contributed by atoms with E-state index in [0.29, 0.717) is 0 Å². The van der Waals surface area contributed by atoms with Gasteiger partial charge in [0, 0.05) is 11.4 Å². The van der Waals surface area contributed by atoms with Gasteiger partial charge in [-0.1, -0.05) is 25.7 Å². The van der Waals surface area contributed by atoms with Crippen molar-refractivity contribution in [2.75, 3.05) is 11.5 Å². The van der Waals surface area contributed by atoms with Crippen LogP contribution in [-0.4, -0.2) is 9.97 Å². The van der Waals surface area contributed by atoms with E-state index >= 15 is 0 Å². The average molecular weight is 411 g/mol. The molecule has 0 unspecified atom stereocenters. The van der Waals surface area contributed by atoms with Crippen molar-refractivity contribution in [2.24, 2.45) is 0 Å². The van der Waals surface area contributed by atoms with Crippen LogP contribution in [0, 0.1) is 0 Å². The highest BCUT2D eigenvalue weighted by Crippen LogP contribution is 2.26. The summed E-state index contributed by atoms with van der Waals surface area (Å²) in [5.41, 5.74) is 15.5. The minimum absolute atomic E-state index is 0.817. The van der Waals surface area contributed by atoms with E-state index in [9.17, 15) is 0 Å². The van der Waals surface area contributed by atoms with Crippen molar-refractivity contribution in [3.8, 4) is 0 Å². The molecule has 0 bridgehead atoms. The number of aromatic nitrogens is 2. The molecule has 28 heavy (non-hydrogen) atoms. The smallest absolute Gasteiger partial charge is 0.0938 e. The summed E-state index contributed by atoms with van der Waals surface area (Å²) >= 11 is 3.56. The molecule has 0 saturated heterocycles. The monoisotopic (exact) mass is 410 g/mol. The van der Waals surface area contributed by atoms with Crippen LogP contribution >= 0.6 is 22.7 Å². The number of hydrogen-bond donors (Lipinski definition) is 2. The molecule has 4 N–H and O–H groups in total. The Morgan fingerprint density at radius 3 is 1.50 bits per heavy atom. The number of nitrogens with zero attached hydrogens (tertiary/aromatic N) is 2. The summed E-state index contributed by atoms with van der Waals surface area (Å²) in [5.74, 6) is 0. The van der Waals surface area contributed by atoms with E-state index in [4.69, 9.17) is 21.4 Å². The Morgan fingerprint density at radius 2 is 1.04 bits per heavy atom. The van der Waals surface area contributed by atoms with Crippen molar-refractivity contribution in [3.05, 3.63) is 46.4 Å². The standard InChI is InChI=1S/C22H26N4S2/c23-15-9-11-17-19(13-15)27-21(25-17)7-5-3-1-2-4-6-8-22-26-18-12-10-16(24)14-20(18)28-22/h9-14H,1-8,23-24H2. The fourth-order valence-corrected chi connectivity index (χ4v) is 5.57. The third-order valence-electron chi connectivity index (χ3n) is 4.94. The first-order valence-corrected chi connectivity index (χ1v) is 11.6. The second kappa shape index (κ2) is 8.88. The molecular weight excluding hydrogens is 384 g/mol. The summed E-state index contributed by atoms with van der Waals surface area (Å²) < 4.78 is 2.40. The van der Waals surface area contributed by atoms with Crippen LogP contribution in [0.15, 0.2) is 36.4 Å². The Morgan fingerprint density at radius 1 is 0.607 bits per heavy atom. The van der Waals surface area contributed by atoms with E-state index in [2.05, 4.69) is 0 Å². The Labute approximate surface area is 173 Å². The van der Waals surface area contributed by atoms with Gasteiger partial charge in [0.05, 0.1) is 30.4 Å². The molecule has 0 aliphatic carbocycles. The first kappa shape index (κ1) is 19.2. The molecule has 146 valence electrons. The minimum atomic E-state index is 0.817. The molecule has 0 amide bonds.